The number of primary amides is 1. The summed E-state index contributed by atoms with van der Waals surface area (Å²) in [6.07, 6.45) is 2.25. The molecule has 1 saturated heterocycles. The number of nitrogens with two attached hydrogens (primary N) is 1. The van der Waals surface area contributed by atoms with Gasteiger partial charge in [0.1, 0.15) is 5.75 Å². The summed E-state index contributed by atoms with van der Waals surface area (Å²) in [4.78, 5) is 39.6. The smallest absolute Gasteiger partial charge is 0.411 e. The third-order valence-corrected chi connectivity index (χ3v) is 7.64. The minimum atomic E-state index is -3.60. The standard InChI is InChI=1S/C24H33N5O7S/c1-4-13-35-19-10-9-16(37(33,34)6-3)14-17(19)23(31)26-20-18(5-2)27-29(21(20)22(25)30)15-36-24(32)28-11-7-8-12-28/h9-10,14H,4-8,11-13,15H2,1-3H3,(H2,25,30)(H,26,31). The maximum absolute atomic E-state index is 13.4. The number of hydrogen-bond donors (Lipinski definition) is 2. The number of hydrogen-bond acceptors (Lipinski definition) is 8. The van der Waals surface area contributed by atoms with Crippen molar-refractivity contribution in [2.75, 3.05) is 30.8 Å². The number of aryl methyl sites for hydroxylation is 1. The molecule has 13 heteroatoms. The molecule has 2 heterocycles. The zero-order valence-electron chi connectivity index (χ0n) is 21.3. The van der Waals surface area contributed by atoms with Crippen molar-refractivity contribution >= 4 is 33.4 Å². The molecule has 0 atom stereocenters. The fourth-order valence-electron chi connectivity index (χ4n) is 3.91. The summed E-state index contributed by atoms with van der Waals surface area (Å²) in [6, 6.07) is 4.07. The van der Waals surface area contributed by atoms with E-state index in [1.54, 1.807) is 11.8 Å². The quantitative estimate of drug-likeness (QED) is 0.443. The number of aromatic nitrogens is 2. The van der Waals surface area contributed by atoms with Crippen LogP contribution in [-0.4, -0.2) is 66.5 Å². The van der Waals surface area contributed by atoms with Gasteiger partial charge in [0, 0.05) is 13.1 Å². The molecule has 1 aromatic heterocycles. The molecule has 0 unspecified atom stereocenters. The number of sulfone groups is 1. The number of rotatable bonds is 11. The third kappa shape index (κ3) is 6.40. The Kier molecular flexibility index (Phi) is 9.14. The van der Waals surface area contributed by atoms with Crippen molar-refractivity contribution in [2.45, 2.75) is 58.1 Å². The van der Waals surface area contributed by atoms with Crippen LogP contribution >= 0.6 is 0 Å². The minimum absolute atomic E-state index is 0.0198. The summed E-state index contributed by atoms with van der Waals surface area (Å²) in [5, 5.41) is 6.97. The molecule has 2 aromatic rings. The first-order valence-corrected chi connectivity index (χ1v) is 13.9. The van der Waals surface area contributed by atoms with Gasteiger partial charge in [-0.2, -0.15) is 5.10 Å². The van der Waals surface area contributed by atoms with Crippen LogP contribution in [0.2, 0.25) is 0 Å². The van der Waals surface area contributed by atoms with Gasteiger partial charge in [0.15, 0.2) is 22.3 Å². The third-order valence-electron chi connectivity index (χ3n) is 5.90. The van der Waals surface area contributed by atoms with E-state index >= 15 is 0 Å². The van der Waals surface area contributed by atoms with Crippen LogP contribution < -0.4 is 15.8 Å². The summed E-state index contributed by atoms with van der Waals surface area (Å²) in [5.74, 6) is -1.53. The van der Waals surface area contributed by atoms with Crippen molar-refractivity contribution in [3.8, 4) is 5.75 Å². The van der Waals surface area contributed by atoms with Gasteiger partial charge in [-0.05, 0) is 43.9 Å². The lowest BCUT2D eigenvalue weighted by molar-refractivity contribution is 0.0739. The van der Waals surface area contributed by atoms with Gasteiger partial charge in [-0.1, -0.05) is 20.8 Å². The fourth-order valence-corrected chi connectivity index (χ4v) is 4.81. The van der Waals surface area contributed by atoms with Crippen molar-refractivity contribution in [3.63, 3.8) is 0 Å². The average Bonchev–Trinajstić information content (AvgIpc) is 3.54. The van der Waals surface area contributed by atoms with Gasteiger partial charge >= 0.3 is 6.09 Å². The lowest BCUT2D eigenvalue weighted by Crippen LogP contribution is -2.30. The normalized spacial score (nSPS) is 13.4. The molecule has 3 N–H and O–H groups in total. The highest BCUT2D eigenvalue weighted by atomic mass is 32.2. The second kappa shape index (κ2) is 12.1. The molecule has 1 aliphatic rings. The van der Waals surface area contributed by atoms with Crippen molar-refractivity contribution in [3.05, 3.63) is 35.2 Å². The molecule has 12 nitrogen and oxygen atoms in total. The van der Waals surface area contributed by atoms with E-state index in [2.05, 4.69) is 10.4 Å². The van der Waals surface area contributed by atoms with Gasteiger partial charge in [0.25, 0.3) is 11.8 Å². The zero-order chi connectivity index (χ0) is 27.2. The molecule has 1 aromatic carbocycles. The van der Waals surface area contributed by atoms with E-state index in [0.717, 1.165) is 17.5 Å². The Bertz CT molecular complexity index is 1270. The maximum Gasteiger partial charge on any atom is 0.411 e. The van der Waals surface area contributed by atoms with Crippen molar-refractivity contribution < 1.29 is 32.3 Å². The lowest BCUT2D eigenvalue weighted by atomic mass is 10.1. The van der Waals surface area contributed by atoms with Crippen LogP contribution in [0.15, 0.2) is 23.1 Å². The average molecular weight is 536 g/mol. The summed E-state index contributed by atoms with van der Waals surface area (Å²) in [7, 11) is -3.60. The van der Waals surface area contributed by atoms with Gasteiger partial charge < -0.3 is 25.4 Å². The van der Waals surface area contributed by atoms with Gasteiger partial charge in [0.05, 0.1) is 34.2 Å². The molecule has 1 aliphatic heterocycles. The van der Waals surface area contributed by atoms with Crippen LogP contribution in [0.5, 0.6) is 5.75 Å². The van der Waals surface area contributed by atoms with E-state index < -0.39 is 27.7 Å². The van der Waals surface area contributed by atoms with Crippen molar-refractivity contribution in [1.29, 1.82) is 0 Å². The van der Waals surface area contributed by atoms with Gasteiger partial charge in [0.2, 0.25) is 0 Å². The number of ether oxygens (including phenoxy) is 2. The topological polar surface area (TPSA) is 163 Å². The predicted molar refractivity (Wildman–Crippen MR) is 135 cm³/mol. The van der Waals surface area contributed by atoms with Crippen LogP contribution in [0.1, 0.15) is 66.6 Å². The van der Waals surface area contributed by atoms with Gasteiger partial charge in [-0.25, -0.2) is 17.9 Å². The highest BCUT2D eigenvalue weighted by Crippen LogP contribution is 2.28. The Hall–Kier alpha value is -3.61. The molecule has 0 radical (unpaired) electrons. The maximum atomic E-state index is 13.4. The van der Waals surface area contributed by atoms with Gasteiger partial charge in [-0.15, -0.1) is 0 Å². The summed E-state index contributed by atoms with van der Waals surface area (Å²) >= 11 is 0. The zero-order valence-corrected chi connectivity index (χ0v) is 22.1. The second-order valence-electron chi connectivity index (χ2n) is 8.49. The van der Waals surface area contributed by atoms with E-state index in [-0.39, 0.29) is 40.1 Å². The predicted octanol–water partition coefficient (Wildman–Crippen LogP) is 2.57. The molecule has 0 spiro atoms. The SMILES string of the molecule is CCCOc1ccc(S(=O)(=O)CC)cc1C(=O)Nc1c(CC)nn(COC(=O)N2CCCC2)c1C(N)=O. The van der Waals surface area contributed by atoms with E-state index in [9.17, 15) is 22.8 Å². The molecule has 0 aliphatic carbocycles. The number of benzene rings is 1. The van der Waals surface area contributed by atoms with Crippen LogP contribution in [-0.2, 0) is 27.7 Å². The summed E-state index contributed by atoms with van der Waals surface area (Å²) < 4.78 is 37.0. The van der Waals surface area contributed by atoms with Crippen LogP contribution in [0, 0.1) is 0 Å². The molecule has 1 fully saturated rings. The molecule has 3 amide bonds. The van der Waals surface area contributed by atoms with Crippen molar-refractivity contribution in [2.24, 2.45) is 5.73 Å². The lowest BCUT2D eigenvalue weighted by Gasteiger charge is -2.15. The molecule has 202 valence electrons. The molecule has 0 saturated carbocycles. The summed E-state index contributed by atoms with van der Waals surface area (Å²) in [5.41, 5.74) is 5.85. The molecule has 0 bridgehead atoms. The van der Waals surface area contributed by atoms with E-state index in [4.69, 9.17) is 15.2 Å². The van der Waals surface area contributed by atoms with Gasteiger partial charge in [-0.3, -0.25) is 9.59 Å². The molecule has 37 heavy (non-hydrogen) atoms. The molecular formula is C24H33N5O7S. The Balaban J connectivity index is 1.95. The Morgan fingerprint density at radius 2 is 1.84 bits per heavy atom. The fraction of sp³-hybridized carbons (Fsp3) is 0.500. The number of likely N-dealkylation sites (tertiary alicyclic amines) is 1. The molecule has 3 rings (SSSR count). The highest BCUT2D eigenvalue weighted by Gasteiger charge is 2.27. The van der Waals surface area contributed by atoms with E-state index in [1.807, 2.05) is 6.92 Å². The Morgan fingerprint density at radius 3 is 2.43 bits per heavy atom. The van der Waals surface area contributed by atoms with Crippen LogP contribution in [0.25, 0.3) is 0 Å². The number of anilines is 1. The number of amides is 3. The van der Waals surface area contributed by atoms with Crippen LogP contribution in [0.4, 0.5) is 10.5 Å². The first-order valence-electron chi connectivity index (χ1n) is 12.2. The number of nitrogens with one attached hydrogen (secondary N) is 1. The second-order valence-corrected chi connectivity index (χ2v) is 10.8. The van der Waals surface area contributed by atoms with Crippen molar-refractivity contribution in [1.82, 2.24) is 14.7 Å². The number of carbonyl (C=O) groups is 3. The van der Waals surface area contributed by atoms with Crippen LogP contribution in [0.3, 0.4) is 0 Å². The highest BCUT2D eigenvalue weighted by molar-refractivity contribution is 7.91. The summed E-state index contributed by atoms with van der Waals surface area (Å²) in [6.45, 7) is 6.31. The first kappa shape index (κ1) is 28.0. The number of nitrogens with zero attached hydrogens (tertiary/aromatic N) is 3. The largest absolute Gasteiger partial charge is 0.493 e. The molecular weight excluding hydrogens is 502 g/mol. The minimum Gasteiger partial charge on any atom is -0.493 e. The Labute approximate surface area is 216 Å². The number of carbonyl (C=O) groups excluding carboxylic acids is 3. The Morgan fingerprint density at radius 1 is 1.14 bits per heavy atom. The monoisotopic (exact) mass is 535 g/mol. The first-order chi connectivity index (χ1) is 17.6. The van der Waals surface area contributed by atoms with E-state index in [0.29, 0.717) is 38.2 Å². The van der Waals surface area contributed by atoms with E-state index in [1.165, 1.54) is 25.1 Å².